The second kappa shape index (κ2) is 4.62. The molecule has 1 rings (SSSR count). The van der Waals surface area contributed by atoms with Gasteiger partial charge in [0.2, 0.25) is 0 Å². The molecule has 0 aromatic heterocycles. The number of esters is 1. The maximum atomic E-state index is 11.0. The molecule has 0 aliphatic heterocycles. The van der Waals surface area contributed by atoms with Crippen LogP contribution >= 0.6 is 11.6 Å². The zero-order valence-corrected chi connectivity index (χ0v) is 8.17. The van der Waals surface area contributed by atoms with Crippen molar-refractivity contribution < 1.29 is 14.3 Å². The van der Waals surface area contributed by atoms with E-state index in [0.29, 0.717) is 10.7 Å². The summed E-state index contributed by atoms with van der Waals surface area (Å²) in [6.07, 6.45) is 0. The number of ether oxygens (including phenoxy) is 1. The molecule has 0 saturated carbocycles. The number of hydrogen-bond donors (Lipinski definition) is 1. The van der Waals surface area contributed by atoms with E-state index in [0.717, 1.165) is 7.11 Å². The highest BCUT2D eigenvalue weighted by Crippen LogP contribution is 2.14. The van der Waals surface area contributed by atoms with Gasteiger partial charge < -0.3 is 10.1 Å². The molecule has 0 aliphatic carbocycles. The first-order valence-corrected chi connectivity index (χ1v) is 4.16. The monoisotopic (exact) mass is 213 g/mol. The van der Waals surface area contributed by atoms with E-state index in [9.17, 15) is 9.59 Å². The first-order valence-electron chi connectivity index (χ1n) is 3.78. The van der Waals surface area contributed by atoms with Crippen LogP contribution in [0.1, 0.15) is 0 Å². The van der Waals surface area contributed by atoms with E-state index < -0.39 is 11.9 Å². The van der Waals surface area contributed by atoms with Crippen LogP contribution in [0.25, 0.3) is 0 Å². The van der Waals surface area contributed by atoms with Gasteiger partial charge in [0.05, 0.1) is 7.11 Å². The molecule has 5 heteroatoms. The van der Waals surface area contributed by atoms with Gasteiger partial charge in [-0.25, -0.2) is 4.79 Å². The van der Waals surface area contributed by atoms with Crippen LogP contribution in [-0.2, 0) is 14.3 Å². The highest BCUT2D eigenvalue weighted by molar-refractivity contribution is 6.37. The highest BCUT2D eigenvalue weighted by atomic mass is 35.5. The van der Waals surface area contributed by atoms with Crippen LogP contribution in [0.2, 0.25) is 5.02 Å². The molecule has 0 saturated heterocycles. The largest absolute Gasteiger partial charge is 0.462 e. The van der Waals surface area contributed by atoms with Crippen LogP contribution in [-0.4, -0.2) is 19.0 Å². The van der Waals surface area contributed by atoms with Crippen molar-refractivity contribution in [3.8, 4) is 0 Å². The fraction of sp³-hybridized carbons (Fsp3) is 0.111. The van der Waals surface area contributed by atoms with E-state index in [2.05, 4.69) is 10.1 Å². The maximum absolute atomic E-state index is 11.0. The van der Waals surface area contributed by atoms with E-state index >= 15 is 0 Å². The van der Waals surface area contributed by atoms with E-state index in [-0.39, 0.29) is 0 Å². The van der Waals surface area contributed by atoms with Crippen LogP contribution in [0.15, 0.2) is 24.3 Å². The van der Waals surface area contributed by atoms with E-state index in [1.165, 1.54) is 6.07 Å². The Kier molecular flexibility index (Phi) is 3.48. The number of carbonyl (C=O) groups excluding carboxylic acids is 2. The summed E-state index contributed by atoms with van der Waals surface area (Å²) in [5.41, 5.74) is 0.452. The maximum Gasteiger partial charge on any atom is 0.396 e. The third-order valence-corrected chi connectivity index (χ3v) is 1.69. The summed E-state index contributed by atoms with van der Waals surface area (Å²) in [5, 5.41) is 2.81. The standard InChI is InChI=1S/C9H8ClNO3/c1-14-9(13)8(12)11-7-4-2-3-6(10)5-7/h2-5H,1H3,(H,11,12). The van der Waals surface area contributed by atoms with Gasteiger partial charge in [-0.15, -0.1) is 0 Å². The molecule has 14 heavy (non-hydrogen) atoms. The number of anilines is 1. The summed E-state index contributed by atoms with van der Waals surface area (Å²) >= 11 is 5.67. The molecular weight excluding hydrogens is 206 g/mol. The second-order valence-electron chi connectivity index (χ2n) is 2.46. The number of hydrogen-bond acceptors (Lipinski definition) is 3. The number of benzene rings is 1. The molecule has 0 fully saturated rings. The lowest BCUT2D eigenvalue weighted by Crippen LogP contribution is -2.23. The van der Waals surface area contributed by atoms with Crippen molar-refractivity contribution in [1.29, 1.82) is 0 Å². The summed E-state index contributed by atoms with van der Waals surface area (Å²) in [6, 6.07) is 6.47. The zero-order valence-electron chi connectivity index (χ0n) is 7.41. The van der Waals surface area contributed by atoms with Gasteiger partial charge in [0, 0.05) is 10.7 Å². The molecule has 0 atom stereocenters. The summed E-state index contributed by atoms with van der Waals surface area (Å²) in [4.78, 5) is 21.8. The van der Waals surface area contributed by atoms with Gasteiger partial charge in [-0.2, -0.15) is 0 Å². The van der Waals surface area contributed by atoms with Crippen molar-refractivity contribution in [3.63, 3.8) is 0 Å². The Morgan fingerprint density at radius 3 is 2.71 bits per heavy atom. The minimum atomic E-state index is -0.940. The van der Waals surface area contributed by atoms with Crippen LogP contribution in [0.5, 0.6) is 0 Å². The van der Waals surface area contributed by atoms with Gasteiger partial charge in [-0.3, -0.25) is 4.79 Å². The smallest absolute Gasteiger partial charge is 0.396 e. The van der Waals surface area contributed by atoms with E-state index in [1.54, 1.807) is 18.2 Å². The fourth-order valence-corrected chi connectivity index (χ4v) is 1.03. The molecule has 1 N–H and O–H groups in total. The fourth-order valence-electron chi connectivity index (χ4n) is 0.841. The van der Waals surface area contributed by atoms with Gasteiger partial charge in [-0.1, -0.05) is 17.7 Å². The number of rotatable bonds is 1. The molecule has 0 heterocycles. The molecule has 1 aromatic carbocycles. The Morgan fingerprint density at radius 1 is 1.43 bits per heavy atom. The minimum Gasteiger partial charge on any atom is -0.462 e. The number of nitrogens with one attached hydrogen (secondary N) is 1. The molecule has 1 aromatic rings. The topological polar surface area (TPSA) is 55.4 Å². The predicted molar refractivity (Wildman–Crippen MR) is 52.1 cm³/mol. The summed E-state index contributed by atoms with van der Waals surface area (Å²) < 4.78 is 4.23. The van der Waals surface area contributed by atoms with Gasteiger partial charge in [0.25, 0.3) is 0 Å². The lowest BCUT2D eigenvalue weighted by atomic mass is 10.3. The van der Waals surface area contributed by atoms with Crippen LogP contribution in [0.3, 0.4) is 0 Å². The summed E-state index contributed by atoms with van der Waals surface area (Å²) in [5.74, 6) is -1.76. The molecule has 0 aliphatic rings. The van der Waals surface area contributed by atoms with Crippen molar-refractivity contribution in [1.82, 2.24) is 0 Å². The Morgan fingerprint density at radius 2 is 2.14 bits per heavy atom. The third kappa shape index (κ3) is 2.74. The molecule has 74 valence electrons. The third-order valence-electron chi connectivity index (χ3n) is 1.45. The highest BCUT2D eigenvalue weighted by Gasteiger charge is 2.13. The van der Waals surface area contributed by atoms with Crippen molar-refractivity contribution in [2.45, 2.75) is 0 Å². The normalized spacial score (nSPS) is 9.29. The average molecular weight is 214 g/mol. The van der Waals surface area contributed by atoms with Gasteiger partial charge in [0.1, 0.15) is 0 Å². The molecule has 1 amide bonds. The molecular formula is C9H8ClNO3. The predicted octanol–water partition coefficient (Wildman–Crippen LogP) is 1.45. The van der Waals surface area contributed by atoms with Gasteiger partial charge in [-0.05, 0) is 18.2 Å². The van der Waals surface area contributed by atoms with Crippen molar-refractivity contribution >= 4 is 29.2 Å². The number of halogens is 1. The quantitative estimate of drug-likeness (QED) is 0.568. The SMILES string of the molecule is COC(=O)C(=O)Nc1cccc(Cl)c1. The molecule has 0 unspecified atom stereocenters. The Bertz CT molecular complexity index is 365. The van der Waals surface area contributed by atoms with Crippen LogP contribution in [0.4, 0.5) is 5.69 Å². The minimum absolute atomic E-state index is 0.452. The first-order chi connectivity index (χ1) is 6.63. The second-order valence-corrected chi connectivity index (χ2v) is 2.89. The lowest BCUT2D eigenvalue weighted by Gasteiger charge is -2.02. The van der Waals surface area contributed by atoms with Crippen molar-refractivity contribution in [3.05, 3.63) is 29.3 Å². The molecule has 0 bridgehead atoms. The van der Waals surface area contributed by atoms with Crippen LogP contribution < -0.4 is 5.32 Å². The number of amides is 1. The van der Waals surface area contributed by atoms with Crippen molar-refractivity contribution in [2.75, 3.05) is 12.4 Å². The Labute approximate surface area is 85.8 Å². The van der Waals surface area contributed by atoms with E-state index in [4.69, 9.17) is 11.6 Å². The average Bonchev–Trinajstić information content (AvgIpc) is 2.16. The van der Waals surface area contributed by atoms with E-state index in [1.807, 2.05) is 0 Å². The summed E-state index contributed by atoms with van der Waals surface area (Å²) in [7, 11) is 1.14. The molecule has 0 spiro atoms. The Balaban J connectivity index is 2.70. The number of carbonyl (C=O) groups is 2. The van der Waals surface area contributed by atoms with Crippen molar-refractivity contribution in [2.24, 2.45) is 0 Å². The van der Waals surface area contributed by atoms with Gasteiger partial charge in [0.15, 0.2) is 0 Å². The lowest BCUT2D eigenvalue weighted by molar-refractivity contribution is -0.150. The number of methoxy groups -OCH3 is 1. The first kappa shape index (κ1) is 10.5. The summed E-state index contributed by atoms with van der Waals surface area (Å²) in [6.45, 7) is 0. The zero-order chi connectivity index (χ0) is 10.6. The van der Waals surface area contributed by atoms with Gasteiger partial charge >= 0.3 is 11.9 Å². The van der Waals surface area contributed by atoms with Crippen LogP contribution in [0, 0.1) is 0 Å². The molecule has 4 nitrogen and oxygen atoms in total. The molecule has 0 radical (unpaired) electrons. The Hall–Kier alpha value is -1.55.